The van der Waals surface area contributed by atoms with Crippen LogP contribution < -0.4 is 16.8 Å². The Morgan fingerprint density at radius 2 is 1.89 bits per heavy atom. The van der Waals surface area contributed by atoms with Crippen molar-refractivity contribution in [1.82, 2.24) is 5.32 Å². The predicted octanol–water partition coefficient (Wildman–Crippen LogP) is 1.25. The first kappa shape index (κ1) is 14.3. The lowest BCUT2D eigenvalue weighted by atomic mass is 10.1. The summed E-state index contributed by atoms with van der Waals surface area (Å²) in [5.41, 5.74) is 12.7. The third-order valence-electron chi connectivity index (χ3n) is 2.22. The first-order chi connectivity index (χ1) is 8.49. The molecule has 100 valence electrons. The number of amides is 1. The third-order valence-corrected chi connectivity index (χ3v) is 2.22. The number of ether oxygens (including phenoxy) is 1. The van der Waals surface area contributed by atoms with E-state index in [0.29, 0.717) is 42.6 Å². The average Bonchev–Trinajstić information content (AvgIpc) is 2.26. The molecule has 1 aromatic rings. The van der Waals surface area contributed by atoms with Crippen LogP contribution in [0.5, 0.6) is 0 Å². The van der Waals surface area contributed by atoms with Gasteiger partial charge in [-0.25, -0.2) is 0 Å². The molecule has 1 amide bonds. The van der Waals surface area contributed by atoms with E-state index in [1.807, 2.05) is 0 Å². The van der Waals surface area contributed by atoms with E-state index >= 15 is 0 Å². The molecule has 0 spiro atoms. The molecule has 1 rings (SSSR count). The van der Waals surface area contributed by atoms with Gasteiger partial charge in [0.15, 0.2) is 0 Å². The Hall–Kier alpha value is -1.75. The maximum absolute atomic E-state index is 11.8. The van der Waals surface area contributed by atoms with Crippen LogP contribution >= 0.6 is 0 Å². The van der Waals surface area contributed by atoms with Crippen LogP contribution in [0.25, 0.3) is 0 Å². The lowest BCUT2D eigenvalue weighted by molar-refractivity contribution is 0.0886. The summed E-state index contributed by atoms with van der Waals surface area (Å²) >= 11 is 0. The molecule has 5 N–H and O–H groups in total. The van der Waals surface area contributed by atoms with Gasteiger partial charge in [0.25, 0.3) is 5.91 Å². The quantitative estimate of drug-likeness (QED) is 0.524. The zero-order valence-electron chi connectivity index (χ0n) is 10.9. The monoisotopic (exact) mass is 251 g/mol. The summed E-state index contributed by atoms with van der Waals surface area (Å²) in [5.74, 6) is 0.302. The summed E-state index contributed by atoms with van der Waals surface area (Å²) in [4.78, 5) is 11.8. The van der Waals surface area contributed by atoms with Gasteiger partial charge < -0.3 is 21.5 Å². The van der Waals surface area contributed by atoms with Crippen LogP contribution in [0.1, 0.15) is 24.2 Å². The number of rotatable bonds is 6. The van der Waals surface area contributed by atoms with Crippen LogP contribution in [-0.4, -0.2) is 25.7 Å². The lowest BCUT2D eigenvalue weighted by Crippen LogP contribution is -2.27. The molecular weight excluding hydrogens is 230 g/mol. The van der Waals surface area contributed by atoms with E-state index < -0.39 is 0 Å². The van der Waals surface area contributed by atoms with Crippen molar-refractivity contribution in [3.05, 3.63) is 23.8 Å². The minimum atomic E-state index is -0.192. The zero-order valence-corrected chi connectivity index (χ0v) is 10.9. The van der Waals surface area contributed by atoms with Gasteiger partial charge in [0.1, 0.15) is 0 Å². The maximum atomic E-state index is 11.8. The van der Waals surface area contributed by atoms with E-state index in [2.05, 4.69) is 19.2 Å². The van der Waals surface area contributed by atoms with Crippen molar-refractivity contribution in [2.75, 3.05) is 31.2 Å². The fraction of sp³-hybridized carbons (Fsp3) is 0.462. The van der Waals surface area contributed by atoms with Crippen molar-refractivity contribution in [2.24, 2.45) is 5.92 Å². The molecule has 0 unspecified atom stereocenters. The molecule has 0 aliphatic heterocycles. The van der Waals surface area contributed by atoms with Gasteiger partial charge in [-0.2, -0.15) is 0 Å². The highest BCUT2D eigenvalue weighted by Gasteiger charge is 2.06. The Morgan fingerprint density at radius 1 is 1.28 bits per heavy atom. The van der Waals surface area contributed by atoms with Crippen molar-refractivity contribution < 1.29 is 9.53 Å². The SMILES string of the molecule is CC(C)COCCNC(=O)c1cc(N)cc(N)c1. The minimum absolute atomic E-state index is 0.192. The van der Waals surface area contributed by atoms with E-state index in [0.717, 1.165) is 0 Å². The lowest BCUT2D eigenvalue weighted by Gasteiger charge is -2.09. The molecule has 0 fully saturated rings. The molecule has 1 aromatic carbocycles. The number of nitrogens with one attached hydrogen (secondary N) is 1. The first-order valence-electron chi connectivity index (χ1n) is 6.01. The van der Waals surface area contributed by atoms with Gasteiger partial charge >= 0.3 is 0 Å². The number of carbonyl (C=O) groups is 1. The third kappa shape index (κ3) is 5.05. The average molecular weight is 251 g/mol. The summed E-state index contributed by atoms with van der Waals surface area (Å²) in [6.45, 7) is 5.82. The summed E-state index contributed by atoms with van der Waals surface area (Å²) in [6.07, 6.45) is 0. The van der Waals surface area contributed by atoms with Crippen LogP contribution in [-0.2, 0) is 4.74 Å². The Labute approximate surface area is 107 Å². The maximum Gasteiger partial charge on any atom is 0.251 e. The smallest absolute Gasteiger partial charge is 0.251 e. The fourth-order valence-electron chi connectivity index (χ4n) is 1.47. The Kier molecular flexibility index (Phi) is 5.45. The molecule has 5 nitrogen and oxygen atoms in total. The number of nitrogen functional groups attached to an aromatic ring is 2. The highest BCUT2D eigenvalue weighted by molar-refractivity contribution is 5.96. The molecule has 18 heavy (non-hydrogen) atoms. The van der Waals surface area contributed by atoms with Gasteiger partial charge in [-0.1, -0.05) is 13.8 Å². The van der Waals surface area contributed by atoms with Gasteiger partial charge in [0, 0.05) is 30.1 Å². The number of carbonyl (C=O) groups excluding carboxylic acids is 1. The zero-order chi connectivity index (χ0) is 13.5. The Balaban J connectivity index is 2.36. The minimum Gasteiger partial charge on any atom is -0.399 e. The summed E-state index contributed by atoms with van der Waals surface area (Å²) < 4.78 is 5.36. The Morgan fingerprint density at radius 3 is 2.44 bits per heavy atom. The van der Waals surface area contributed by atoms with Crippen molar-refractivity contribution >= 4 is 17.3 Å². The molecule has 0 saturated heterocycles. The van der Waals surface area contributed by atoms with Gasteiger partial charge in [0.2, 0.25) is 0 Å². The first-order valence-corrected chi connectivity index (χ1v) is 6.01. The van der Waals surface area contributed by atoms with E-state index in [1.165, 1.54) is 0 Å². The highest BCUT2D eigenvalue weighted by atomic mass is 16.5. The molecule has 0 aromatic heterocycles. The number of hydrogen-bond acceptors (Lipinski definition) is 4. The predicted molar refractivity (Wildman–Crippen MR) is 73.3 cm³/mol. The standard InChI is InChI=1S/C13H21N3O2/c1-9(2)8-18-4-3-16-13(17)10-5-11(14)7-12(15)6-10/h5-7,9H,3-4,8,14-15H2,1-2H3,(H,16,17). The van der Waals surface area contributed by atoms with E-state index in [-0.39, 0.29) is 5.91 Å². The largest absolute Gasteiger partial charge is 0.399 e. The van der Waals surface area contributed by atoms with Gasteiger partial charge in [-0.3, -0.25) is 4.79 Å². The Bertz CT molecular complexity index is 385. The molecule has 0 heterocycles. The van der Waals surface area contributed by atoms with Gasteiger partial charge in [0.05, 0.1) is 6.61 Å². The van der Waals surface area contributed by atoms with Crippen LogP contribution in [0.3, 0.4) is 0 Å². The normalized spacial score (nSPS) is 10.6. The van der Waals surface area contributed by atoms with Crippen LogP contribution in [0.2, 0.25) is 0 Å². The van der Waals surface area contributed by atoms with Crippen molar-refractivity contribution in [3.8, 4) is 0 Å². The molecule has 0 bridgehead atoms. The molecule has 0 radical (unpaired) electrons. The second kappa shape index (κ2) is 6.86. The number of hydrogen-bond donors (Lipinski definition) is 3. The van der Waals surface area contributed by atoms with E-state index in [4.69, 9.17) is 16.2 Å². The molecule has 0 aliphatic carbocycles. The molecule has 0 atom stereocenters. The number of benzene rings is 1. The second-order valence-electron chi connectivity index (χ2n) is 4.61. The van der Waals surface area contributed by atoms with Crippen molar-refractivity contribution in [3.63, 3.8) is 0 Å². The van der Waals surface area contributed by atoms with Gasteiger partial charge in [-0.15, -0.1) is 0 Å². The summed E-state index contributed by atoms with van der Waals surface area (Å²) in [6, 6.07) is 4.81. The van der Waals surface area contributed by atoms with Crippen LogP contribution in [0.4, 0.5) is 11.4 Å². The summed E-state index contributed by atoms with van der Waals surface area (Å²) in [5, 5.41) is 2.75. The molecule has 0 saturated carbocycles. The topological polar surface area (TPSA) is 90.4 Å². The second-order valence-corrected chi connectivity index (χ2v) is 4.61. The highest BCUT2D eigenvalue weighted by Crippen LogP contribution is 2.13. The summed E-state index contributed by atoms with van der Waals surface area (Å²) in [7, 11) is 0. The van der Waals surface area contributed by atoms with Crippen LogP contribution in [0.15, 0.2) is 18.2 Å². The number of nitrogens with two attached hydrogens (primary N) is 2. The fourth-order valence-corrected chi connectivity index (χ4v) is 1.47. The van der Waals surface area contributed by atoms with E-state index in [1.54, 1.807) is 18.2 Å². The molecule has 5 heteroatoms. The van der Waals surface area contributed by atoms with Crippen molar-refractivity contribution in [1.29, 1.82) is 0 Å². The van der Waals surface area contributed by atoms with Gasteiger partial charge in [-0.05, 0) is 24.1 Å². The molecule has 0 aliphatic rings. The molecular formula is C13H21N3O2. The number of anilines is 2. The van der Waals surface area contributed by atoms with E-state index in [9.17, 15) is 4.79 Å². The van der Waals surface area contributed by atoms with Crippen LogP contribution in [0, 0.1) is 5.92 Å². The van der Waals surface area contributed by atoms with Crippen molar-refractivity contribution in [2.45, 2.75) is 13.8 Å².